The monoisotopic (exact) mass is 355 g/mol. The van der Waals surface area contributed by atoms with Crippen molar-refractivity contribution in [2.75, 3.05) is 0 Å². The van der Waals surface area contributed by atoms with Crippen LogP contribution < -0.4 is 0 Å². The highest BCUT2D eigenvalue weighted by molar-refractivity contribution is 6.36. The van der Waals surface area contributed by atoms with E-state index in [0.717, 1.165) is 11.6 Å². The number of fused-ring (bicyclic) bond motifs is 1. The average molecular weight is 356 g/mol. The molecule has 0 spiro atoms. The van der Waals surface area contributed by atoms with E-state index in [0.29, 0.717) is 10.1 Å². The van der Waals surface area contributed by atoms with Crippen LogP contribution in [0.1, 0.15) is 21.7 Å². The number of hydrogen-bond acceptors (Lipinski definition) is 3. The predicted molar refractivity (Wildman–Crippen MR) is 80.1 cm³/mol. The Balaban J connectivity index is 2.35. The molecule has 0 radical (unpaired) electrons. The number of aromatic nitrogens is 3. The van der Waals surface area contributed by atoms with Crippen molar-refractivity contribution in [2.45, 2.75) is 13.1 Å². The van der Waals surface area contributed by atoms with Gasteiger partial charge in [0.2, 0.25) is 0 Å². The number of carboxylic acids is 1. The molecule has 24 heavy (non-hydrogen) atoms. The maximum atomic E-state index is 13.3. The number of carboxylic acid groups (broad SMARTS) is 1. The Morgan fingerprint density at radius 2 is 1.88 bits per heavy atom. The molecule has 0 bridgehead atoms. The van der Waals surface area contributed by atoms with Crippen LogP contribution in [0.5, 0.6) is 0 Å². The first-order valence-corrected chi connectivity index (χ1v) is 7.03. The van der Waals surface area contributed by atoms with E-state index in [4.69, 9.17) is 16.7 Å². The van der Waals surface area contributed by atoms with Gasteiger partial charge in [-0.05, 0) is 13.0 Å². The number of benzene rings is 1. The van der Waals surface area contributed by atoms with Gasteiger partial charge < -0.3 is 5.11 Å². The topological polar surface area (TPSA) is 67.5 Å². The Hall–Kier alpha value is -2.61. The van der Waals surface area contributed by atoms with Gasteiger partial charge in [0.05, 0.1) is 5.69 Å². The molecule has 0 amide bonds. The smallest absolute Gasteiger partial charge is 0.433 e. The fraction of sp³-hybridized carbons (Fsp3) is 0.133. The van der Waals surface area contributed by atoms with Crippen LogP contribution in [0, 0.1) is 6.92 Å². The van der Waals surface area contributed by atoms with Crippen LogP contribution in [0.25, 0.3) is 16.9 Å². The van der Waals surface area contributed by atoms with Gasteiger partial charge >= 0.3 is 12.1 Å². The van der Waals surface area contributed by atoms with Crippen molar-refractivity contribution in [1.29, 1.82) is 0 Å². The number of rotatable bonds is 2. The minimum absolute atomic E-state index is 0.0218. The molecule has 9 heteroatoms. The summed E-state index contributed by atoms with van der Waals surface area (Å²) >= 11 is 5.86. The Bertz CT molecular complexity index is 949. The predicted octanol–water partition coefficient (Wildman–Crippen LogP) is 4.08. The Morgan fingerprint density at radius 3 is 2.42 bits per heavy atom. The molecule has 0 aliphatic carbocycles. The second kappa shape index (κ2) is 5.48. The molecule has 0 unspecified atom stereocenters. The van der Waals surface area contributed by atoms with Gasteiger partial charge in [-0.2, -0.15) is 18.3 Å². The highest BCUT2D eigenvalue weighted by Crippen LogP contribution is 2.34. The van der Waals surface area contributed by atoms with Crippen molar-refractivity contribution >= 4 is 23.2 Å². The molecule has 0 atom stereocenters. The molecule has 1 aromatic carbocycles. The van der Waals surface area contributed by atoms with Crippen molar-refractivity contribution in [3.8, 4) is 11.3 Å². The minimum atomic E-state index is -4.76. The lowest BCUT2D eigenvalue weighted by atomic mass is 10.1. The van der Waals surface area contributed by atoms with Crippen LogP contribution in [0.3, 0.4) is 0 Å². The molecule has 5 nitrogen and oxygen atoms in total. The molecule has 124 valence electrons. The van der Waals surface area contributed by atoms with Crippen LogP contribution in [-0.2, 0) is 6.18 Å². The van der Waals surface area contributed by atoms with E-state index in [9.17, 15) is 18.0 Å². The van der Waals surface area contributed by atoms with Crippen molar-refractivity contribution in [3.05, 3.63) is 52.3 Å². The maximum Gasteiger partial charge on any atom is 0.433 e. The van der Waals surface area contributed by atoms with Gasteiger partial charge in [-0.15, -0.1) is 0 Å². The van der Waals surface area contributed by atoms with Gasteiger partial charge in [0.25, 0.3) is 0 Å². The summed E-state index contributed by atoms with van der Waals surface area (Å²) < 4.78 is 40.4. The summed E-state index contributed by atoms with van der Waals surface area (Å²) in [5, 5.41) is 12.0. The van der Waals surface area contributed by atoms with Gasteiger partial charge in [-0.25, -0.2) is 14.3 Å². The van der Waals surface area contributed by atoms with Gasteiger partial charge in [-0.3, -0.25) is 0 Å². The summed E-state index contributed by atoms with van der Waals surface area (Å²) in [6.45, 7) is 1.84. The van der Waals surface area contributed by atoms with E-state index in [-0.39, 0.29) is 11.3 Å². The summed E-state index contributed by atoms with van der Waals surface area (Å²) in [5.74, 6) is -1.53. The fourth-order valence-electron chi connectivity index (χ4n) is 2.20. The van der Waals surface area contributed by atoms with E-state index < -0.39 is 28.6 Å². The Morgan fingerprint density at radius 1 is 1.25 bits per heavy atom. The molecule has 2 aromatic heterocycles. The van der Waals surface area contributed by atoms with Gasteiger partial charge in [0.15, 0.2) is 17.0 Å². The van der Waals surface area contributed by atoms with Gasteiger partial charge in [0.1, 0.15) is 5.02 Å². The lowest BCUT2D eigenvalue weighted by molar-refractivity contribution is -0.142. The van der Waals surface area contributed by atoms with Crippen molar-refractivity contribution in [1.82, 2.24) is 14.6 Å². The van der Waals surface area contributed by atoms with E-state index >= 15 is 0 Å². The summed E-state index contributed by atoms with van der Waals surface area (Å²) in [5.41, 5.74) is -0.796. The number of aromatic carboxylic acids is 1. The zero-order chi connectivity index (χ0) is 17.6. The third kappa shape index (κ3) is 2.69. The van der Waals surface area contributed by atoms with Crippen LogP contribution in [0.15, 0.2) is 30.3 Å². The average Bonchev–Trinajstić information content (AvgIpc) is 2.83. The van der Waals surface area contributed by atoms with Crippen molar-refractivity contribution < 1.29 is 23.1 Å². The number of aryl methyl sites for hydroxylation is 1. The molecule has 0 saturated carbocycles. The molecule has 0 fully saturated rings. The first-order valence-electron chi connectivity index (χ1n) is 6.65. The lowest BCUT2D eigenvalue weighted by Crippen LogP contribution is -2.14. The number of halogens is 4. The Labute approximate surface area is 138 Å². The first kappa shape index (κ1) is 16.3. The second-order valence-corrected chi connectivity index (χ2v) is 5.47. The third-order valence-electron chi connectivity index (χ3n) is 3.37. The Kier molecular flexibility index (Phi) is 3.71. The van der Waals surface area contributed by atoms with Crippen molar-refractivity contribution in [3.63, 3.8) is 0 Å². The third-order valence-corrected chi connectivity index (χ3v) is 3.72. The molecule has 3 aromatic rings. The maximum absolute atomic E-state index is 13.3. The van der Waals surface area contributed by atoms with E-state index in [2.05, 4.69) is 10.1 Å². The van der Waals surface area contributed by atoms with Crippen LogP contribution in [0.2, 0.25) is 5.02 Å². The molecule has 0 aliphatic rings. The summed E-state index contributed by atoms with van der Waals surface area (Å²) in [4.78, 5) is 15.1. The minimum Gasteiger partial charge on any atom is -0.476 e. The fourth-order valence-corrected chi connectivity index (χ4v) is 2.44. The van der Waals surface area contributed by atoms with E-state index in [1.807, 2.05) is 6.92 Å². The normalized spacial score (nSPS) is 11.9. The molecular formula is C15H9ClF3N3O2. The number of nitrogens with zero attached hydrogens (tertiary/aromatic N) is 3. The molecular weight excluding hydrogens is 347 g/mol. The van der Waals surface area contributed by atoms with Gasteiger partial charge in [-0.1, -0.05) is 41.4 Å². The van der Waals surface area contributed by atoms with Crippen LogP contribution >= 0.6 is 11.6 Å². The van der Waals surface area contributed by atoms with Crippen LogP contribution in [-0.4, -0.2) is 25.7 Å². The quantitative estimate of drug-likeness (QED) is 0.752. The zero-order valence-electron chi connectivity index (χ0n) is 12.1. The largest absolute Gasteiger partial charge is 0.476 e. The molecule has 0 aliphatic heterocycles. The molecule has 0 saturated heterocycles. The number of carbonyl (C=O) groups is 1. The standard InChI is InChI=1S/C15H9ClF3N3O2/c1-7-2-4-8(5-3-7)9-6-10(15(17,18)19)22-13(20-9)11(16)12(21-22)14(23)24/h2-6H,1H3,(H,23,24). The number of alkyl halides is 3. The molecule has 3 rings (SSSR count). The van der Waals surface area contributed by atoms with E-state index in [1.54, 1.807) is 24.3 Å². The van der Waals surface area contributed by atoms with Crippen LogP contribution in [0.4, 0.5) is 13.2 Å². The summed E-state index contributed by atoms with van der Waals surface area (Å²) in [6, 6.07) is 7.52. The second-order valence-electron chi connectivity index (χ2n) is 5.09. The SMILES string of the molecule is Cc1ccc(-c2cc(C(F)(F)F)n3nc(C(=O)O)c(Cl)c3n2)cc1. The highest BCUT2D eigenvalue weighted by atomic mass is 35.5. The first-order chi connectivity index (χ1) is 11.2. The molecule has 1 N–H and O–H groups in total. The highest BCUT2D eigenvalue weighted by Gasteiger charge is 2.36. The van der Waals surface area contributed by atoms with E-state index in [1.165, 1.54) is 0 Å². The van der Waals surface area contributed by atoms with Gasteiger partial charge in [0, 0.05) is 5.56 Å². The zero-order valence-corrected chi connectivity index (χ0v) is 12.9. The lowest BCUT2D eigenvalue weighted by Gasteiger charge is -2.11. The molecule has 2 heterocycles. The van der Waals surface area contributed by atoms with Crippen molar-refractivity contribution in [2.24, 2.45) is 0 Å². The summed E-state index contributed by atoms with van der Waals surface area (Å²) in [7, 11) is 0. The number of hydrogen-bond donors (Lipinski definition) is 1. The summed E-state index contributed by atoms with van der Waals surface area (Å²) in [6.07, 6.45) is -4.76.